The third-order valence-electron chi connectivity index (χ3n) is 7.92. The van der Waals surface area contributed by atoms with Crippen LogP contribution in [0, 0.1) is 11.3 Å². The van der Waals surface area contributed by atoms with Crippen LogP contribution in [0.25, 0.3) is 22.0 Å². The molecule has 4 aliphatic rings. The summed E-state index contributed by atoms with van der Waals surface area (Å²) in [4.78, 5) is 19.9. The predicted molar refractivity (Wildman–Crippen MR) is 130 cm³/mol. The summed E-state index contributed by atoms with van der Waals surface area (Å²) in [6.07, 6.45) is 4.90. The molecule has 170 valence electrons. The number of para-hydroxylation sites is 1. The van der Waals surface area contributed by atoms with Gasteiger partial charge < -0.3 is 10.1 Å². The van der Waals surface area contributed by atoms with Gasteiger partial charge >= 0.3 is 6.09 Å². The molecule has 2 aromatic carbocycles. The topological polar surface area (TPSA) is 54.5 Å². The van der Waals surface area contributed by atoms with E-state index in [0.29, 0.717) is 5.92 Å². The number of piperidine rings is 3. The highest BCUT2D eigenvalue weighted by Crippen LogP contribution is 2.46. The summed E-state index contributed by atoms with van der Waals surface area (Å²) in [6.45, 7) is 7.62. The van der Waals surface area contributed by atoms with Crippen LogP contribution in [0.2, 0.25) is 0 Å². The van der Waals surface area contributed by atoms with Crippen molar-refractivity contribution in [1.29, 1.82) is 0 Å². The summed E-state index contributed by atoms with van der Waals surface area (Å²) in [5, 5.41) is 4.37. The number of nitrogens with one attached hydrogen (secondary N) is 1. The van der Waals surface area contributed by atoms with Crippen molar-refractivity contribution in [2.45, 2.75) is 45.3 Å². The van der Waals surface area contributed by atoms with Gasteiger partial charge in [0, 0.05) is 23.7 Å². The van der Waals surface area contributed by atoms with Gasteiger partial charge in [0.25, 0.3) is 0 Å². The average molecular weight is 442 g/mol. The summed E-state index contributed by atoms with van der Waals surface area (Å²) in [7, 11) is 0. The van der Waals surface area contributed by atoms with Gasteiger partial charge in [-0.15, -0.1) is 0 Å². The maximum atomic E-state index is 12.9. The molecule has 1 unspecified atom stereocenters. The summed E-state index contributed by atoms with van der Waals surface area (Å²) in [6, 6.07) is 16.9. The predicted octanol–water partition coefficient (Wildman–Crippen LogP) is 5.35. The third kappa shape index (κ3) is 3.78. The summed E-state index contributed by atoms with van der Waals surface area (Å²) in [5.74, 6) is 0.516. The minimum Gasteiger partial charge on any atom is -0.445 e. The molecule has 1 N–H and O–H groups in total. The highest BCUT2D eigenvalue weighted by atomic mass is 16.6. The molecule has 3 aromatic rings. The molecule has 4 heterocycles. The number of fused-ring (bicyclic) bond motifs is 5. The second kappa shape index (κ2) is 7.84. The zero-order chi connectivity index (χ0) is 22.6. The lowest BCUT2D eigenvalue weighted by molar-refractivity contribution is -0.0348. The molecule has 0 radical (unpaired) electrons. The largest absolute Gasteiger partial charge is 0.445 e. The molecule has 5 heteroatoms. The molecule has 5 nitrogen and oxygen atoms in total. The quantitative estimate of drug-likeness (QED) is 0.596. The molecule has 2 bridgehead atoms. The van der Waals surface area contributed by atoms with Crippen molar-refractivity contribution in [3.05, 3.63) is 65.9 Å². The Bertz CT molecular complexity index is 1210. The van der Waals surface area contributed by atoms with E-state index in [4.69, 9.17) is 4.74 Å². The summed E-state index contributed by atoms with van der Waals surface area (Å²) >= 11 is 0. The first-order chi connectivity index (χ1) is 16.0. The van der Waals surface area contributed by atoms with Crippen molar-refractivity contribution in [3.63, 3.8) is 0 Å². The smallest absolute Gasteiger partial charge is 0.407 e. The number of carbonyl (C=O) groups is 1. The van der Waals surface area contributed by atoms with E-state index in [-0.39, 0.29) is 23.7 Å². The highest BCUT2D eigenvalue weighted by molar-refractivity contribution is 5.83. The standard InChI is InChI=1S/C28H31N3O2/c1-28(2)15-21-13-19(22-14-20-5-3-4-6-24(20)29-16-22)7-8-23(21)26(28)30-27(32)33-25-17-31-11-9-18(25)10-12-31/h3-8,13-14,16,18,25-26H,9-12,15,17H2,1-2H3,(H,30,32)/t25-,26?/m0/s1. The van der Waals surface area contributed by atoms with Crippen molar-refractivity contribution >= 4 is 17.0 Å². The number of pyridine rings is 1. The molecular formula is C28H31N3O2. The monoisotopic (exact) mass is 441 g/mol. The van der Waals surface area contributed by atoms with Crippen LogP contribution in [0.5, 0.6) is 0 Å². The minimum atomic E-state index is -0.275. The van der Waals surface area contributed by atoms with Crippen molar-refractivity contribution in [2.24, 2.45) is 11.3 Å². The maximum Gasteiger partial charge on any atom is 0.407 e. The number of nitrogens with zero attached hydrogens (tertiary/aromatic N) is 2. The molecule has 0 saturated carbocycles. The normalized spacial score (nSPS) is 27.3. The molecule has 3 fully saturated rings. The number of carbonyl (C=O) groups excluding carboxylic acids is 1. The molecule has 7 rings (SSSR count). The molecule has 0 spiro atoms. The van der Waals surface area contributed by atoms with Gasteiger partial charge in [-0.3, -0.25) is 9.88 Å². The van der Waals surface area contributed by atoms with Crippen LogP contribution >= 0.6 is 0 Å². The number of aromatic nitrogens is 1. The summed E-state index contributed by atoms with van der Waals surface area (Å²) in [5.41, 5.74) is 5.71. The summed E-state index contributed by atoms with van der Waals surface area (Å²) < 4.78 is 5.93. The first-order valence-corrected chi connectivity index (χ1v) is 12.1. The molecule has 1 amide bonds. The van der Waals surface area contributed by atoms with Crippen LogP contribution in [-0.4, -0.2) is 41.7 Å². The number of rotatable bonds is 3. The van der Waals surface area contributed by atoms with E-state index in [2.05, 4.69) is 59.4 Å². The third-order valence-corrected chi connectivity index (χ3v) is 7.92. The average Bonchev–Trinajstić information content (AvgIpc) is 3.08. The Morgan fingerprint density at radius 1 is 1.09 bits per heavy atom. The minimum absolute atomic E-state index is 0.0271. The zero-order valence-electron chi connectivity index (χ0n) is 19.4. The number of amides is 1. The van der Waals surface area contributed by atoms with E-state index in [1.165, 1.54) is 16.7 Å². The lowest BCUT2D eigenvalue weighted by Crippen LogP contribution is -2.53. The second-order valence-corrected chi connectivity index (χ2v) is 10.7. The van der Waals surface area contributed by atoms with E-state index in [1.54, 1.807) is 0 Å². The van der Waals surface area contributed by atoms with E-state index in [0.717, 1.165) is 55.4 Å². The van der Waals surface area contributed by atoms with Gasteiger partial charge in [0.2, 0.25) is 0 Å². The van der Waals surface area contributed by atoms with Crippen molar-refractivity contribution in [1.82, 2.24) is 15.2 Å². The van der Waals surface area contributed by atoms with Crippen LogP contribution in [0.15, 0.2) is 54.7 Å². The fraction of sp³-hybridized carbons (Fsp3) is 0.429. The van der Waals surface area contributed by atoms with Crippen LogP contribution in [0.1, 0.15) is 43.9 Å². The SMILES string of the molecule is CC1(C)Cc2cc(-c3cnc4ccccc4c3)ccc2C1NC(=O)O[C@H]1CN2CCC1CC2. The Hall–Kier alpha value is -2.92. The van der Waals surface area contributed by atoms with Crippen molar-refractivity contribution in [2.75, 3.05) is 19.6 Å². The molecule has 33 heavy (non-hydrogen) atoms. The van der Waals surface area contributed by atoms with Crippen molar-refractivity contribution in [3.8, 4) is 11.1 Å². The van der Waals surface area contributed by atoms with E-state index in [9.17, 15) is 4.79 Å². The molecule has 3 saturated heterocycles. The van der Waals surface area contributed by atoms with E-state index < -0.39 is 0 Å². The van der Waals surface area contributed by atoms with E-state index in [1.807, 2.05) is 24.4 Å². The van der Waals surface area contributed by atoms with Gasteiger partial charge in [0.1, 0.15) is 6.10 Å². The molecule has 2 atom stereocenters. The number of benzene rings is 2. The van der Waals surface area contributed by atoms with Crippen LogP contribution in [-0.2, 0) is 11.2 Å². The Labute approximate surface area is 195 Å². The number of ether oxygens (including phenoxy) is 1. The van der Waals surface area contributed by atoms with Gasteiger partial charge in [-0.25, -0.2) is 4.79 Å². The lowest BCUT2D eigenvalue weighted by Gasteiger charge is -2.44. The number of alkyl carbamates (subject to hydrolysis) is 1. The van der Waals surface area contributed by atoms with Gasteiger partial charge in [-0.2, -0.15) is 0 Å². The number of hydrogen-bond donors (Lipinski definition) is 1. The van der Waals surface area contributed by atoms with Gasteiger partial charge in [-0.1, -0.05) is 50.2 Å². The molecule has 1 aromatic heterocycles. The Morgan fingerprint density at radius 2 is 1.91 bits per heavy atom. The fourth-order valence-corrected chi connectivity index (χ4v) is 6.07. The molecular weight excluding hydrogens is 410 g/mol. The lowest BCUT2D eigenvalue weighted by atomic mass is 9.85. The number of hydrogen-bond acceptors (Lipinski definition) is 4. The van der Waals surface area contributed by atoms with Crippen LogP contribution in [0.4, 0.5) is 4.79 Å². The van der Waals surface area contributed by atoms with Gasteiger partial charge in [0.05, 0.1) is 11.6 Å². The van der Waals surface area contributed by atoms with Gasteiger partial charge in [-0.05, 0) is 72.5 Å². The first-order valence-electron chi connectivity index (χ1n) is 12.1. The zero-order valence-corrected chi connectivity index (χ0v) is 19.4. The molecule has 3 aliphatic heterocycles. The first kappa shape index (κ1) is 20.7. The Morgan fingerprint density at radius 3 is 2.70 bits per heavy atom. The second-order valence-electron chi connectivity index (χ2n) is 10.7. The van der Waals surface area contributed by atoms with E-state index >= 15 is 0 Å². The Kier molecular flexibility index (Phi) is 4.91. The van der Waals surface area contributed by atoms with Gasteiger partial charge in [0.15, 0.2) is 0 Å². The fourth-order valence-electron chi connectivity index (χ4n) is 6.07. The van der Waals surface area contributed by atoms with Crippen molar-refractivity contribution < 1.29 is 9.53 Å². The highest BCUT2D eigenvalue weighted by Gasteiger charge is 2.42. The Balaban J connectivity index is 1.22. The van der Waals surface area contributed by atoms with Crippen LogP contribution < -0.4 is 5.32 Å². The maximum absolute atomic E-state index is 12.9. The molecule has 1 aliphatic carbocycles. The van der Waals surface area contributed by atoms with Crippen LogP contribution in [0.3, 0.4) is 0 Å².